The number of likely N-dealkylation sites (tertiary alicyclic amines) is 1. The molecule has 5 rings (SSSR count). The Bertz CT molecular complexity index is 1430. The number of piperidine rings is 1. The quantitative estimate of drug-likeness (QED) is 0.182. The fourth-order valence-electron chi connectivity index (χ4n) is 7.83. The maximum atomic E-state index is 13.7. The van der Waals surface area contributed by atoms with Crippen LogP contribution in [0.25, 0.3) is 0 Å². The van der Waals surface area contributed by atoms with Crippen molar-refractivity contribution in [2.24, 2.45) is 5.92 Å². The number of carbonyl (C=O) groups is 3. The van der Waals surface area contributed by atoms with E-state index in [-0.39, 0.29) is 48.1 Å². The molecule has 10 nitrogen and oxygen atoms in total. The second-order valence-electron chi connectivity index (χ2n) is 15.5. The molecule has 2 aliphatic heterocycles. The number of anilines is 1. The lowest BCUT2D eigenvalue weighted by Gasteiger charge is -2.50. The predicted octanol–water partition coefficient (Wildman–Crippen LogP) is 6.30. The Morgan fingerprint density at radius 2 is 1.70 bits per heavy atom. The van der Waals surface area contributed by atoms with Crippen LogP contribution in [0.15, 0.2) is 48.5 Å². The lowest BCUT2D eigenvalue weighted by molar-refractivity contribution is -0.255. The van der Waals surface area contributed by atoms with Gasteiger partial charge < -0.3 is 30.5 Å². The molecule has 2 saturated heterocycles. The molecule has 10 heteroatoms. The Labute approximate surface area is 298 Å². The smallest absolute Gasteiger partial charge is 0.237 e. The lowest BCUT2D eigenvalue weighted by atomic mass is 9.75. The molecule has 0 aromatic heterocycles. The summed E-state index contributed by atoms with van der Waals surface area (Å²) >= 11 is 0. The molecule has 0 spiro atoms. The minimum Gasteiger partial charge on any atom is -0.392 e. The van der Waals surface area contributed by atoms with Crippen LogP contribution < -0.4 is 16.0 Å². The van der Waals surface area contributed by atoms with E-state index >= 15 is 0 Å². The maximum absolute atomic E-state index is 13.7. The highest BCUT2D eigenvalue weighted by atomic mass is 16.7. The summed E-state index contributed by atoms with van der Waals surface area (Å²) < 4.78 is 13.4. The zero-order valence-electron chi connectivity index (χ0n) is 30.4. The molecule has 2 heterocycles. The number of nitrogens with one attached hydrogen (secondary N) is 3. The van der Waals surface area contributed by atoms with Crippen LogP contribution in [0, 0.1) is 5.92 Å². The van der Waals surface area contributed by atoms with Gasteiger partial charge in [0.2, 0.25) is 17.7 Å². The molecule has 6 unspecified atom stereocenters. The standard InChI is InChI=1S/C40H58N4O6/c1-27(46)41-22-9-5-6-15-37(47)42-32-13-10-12-31(23-32)39-49-33(24-36(50-39)30-18-16-28(26-45)17-19-30)25-44-34-14-8-7-11-29(34)20-21-35(44)38(48)43-40(2,3)4/h10,12-13,16-19,23,29,33-36,39,45H,5-9,11,14-15,20-22,24-26H2,1-4H3,(H,41,46)(H,42,47)(H,43,48). The number of ether oxygens (including phenoxy) is 2. The van der Waals surface area contributed by atoms with Crippen molar-refractivity contribution < 1.29 is 29.0 Å². The number of benzene rings is 2. The van der Waals surface area contributed by atoms with E-state index in [9.17, 15) is 19.5 Å². The SMILES string of the molecule is CC(=O)NCCCCCC(=O)Nc1cccc(C2OC(CN3C(C(=O)NC(C)(C)C)CCC4CCCCC43)CC(c3ccc(CO)cc3)O2)c1. The van der Waals surface area contributed by atoms with Gasteiger partial charge in [0.1, 0.15) is 0 Å². The second-order valence-corrected chi connectivity index (χ2v) is 15.5. The van der Waals surface area contributed by atoms with Crippen molar-refractivity contribution in [1.29, 1.82) is 0 Å². The number of rotatable bonds is 13. The number of nitrogens with zero attached hydrogens (tertiary/aromatic N) is 1. The highest BCUT2D eigenvalue weighted by Gasteiger charge is 2.44. The van der Waals surface area contributed by atoms with Crippen LogP contribution in [0.4, 0.5) is 5.69 Å². The third-order valence-corrected chi connectivity index (χ3v) is 10.2. The van der Waals surface area contributed by atoms with Crippen molar-refractivity contribution in [1.82, 2.24) is 15.5 Å². The fraction of sp³-hybridized carbons (Fsp3) is 0.625. The third kappa shape index (κ3) is 10.8. The van der Waals surface area contributed by atoms with E-state index < -0.39 is 6.29 Å². The van der Waals surface area contributed by atoms with E-state index in [1.807, 2.05) is 69.3 Å². The van der Waals surface area contributed by atoms with E-state index in [4.69, 9.17) is 9.47 Å². The molecule has 3 amide bonds. The molecule has 274 valence electrons. The van der Waals surface area contributed by atoms with Gasteiger partial charge in [0, 0.05) is 55.7 Å². The Balaban J connectivity index is 1.33. The summed E-state index contributed by atoms with van der Waals surface area (Å²) in [4.78, 5) is 40.1. The number of carbonyl (C=O) groups excluding carboxylic acids is 3. The number of amides is 3. The summed E-state index contributed by atoms with van der Waals surface area (Å²) in [5, 5.41) is 18.7. The van der Waals surface area contributed by atoms with Gasteiger partial charge in [-0.15, -0.1) is 0 Å². The number of aliphatic hydroxyl groups is 1. The molecule has 4 N–H and O–H groups in total. The van der Waals surface area contributed by atoms with E-state index in [0.29, 0.717) is 43.6 Å². The van der Waals surface area contributed by atoms with Gasteiger partial charge in [-0.25, -0.2) is 0 Å². The van der Waals surface area contributed by atoms with E-state index in [2.05, 4.69) is 20.9 Å². The van der Waals surface area contributed by atoms with Crippen LogP contribution in [0.1, 0.15) is 127 Å². The molecule has 2 aromatic carbocycles. The van der Waals surface area contributed by atoms with E-state index in [0.717, 1.165) is 55.2 Å². The van der Waals surface area contributed by atoms with Crippen molar-refractivity contribution in [2.45, 2.75) is 141 Å². The first-order chi connectivity index (χ1) is 24.0. The predicted molar refractivity (Wildman–Crippen MR) is 194 cm³/mol. The molecule has 3 fully saturated rings. The minimum atomic E-state index is -0.671. The van der Waals surface area contributed by atoms with Crippen LogP contribution in [0.5, 0.6) is 0 Å². The molecule has 3 aliphatic rings. The first-order valence-corrected chi connectivity index (χ1v) is 18.7. The van der Waals surface area contributed by atoms with E-state index in [1.54, 1.807) is 0 Å². The number of fused-ring (bicyclic) bond motifs is 1. The summed E-state index contributed by atoms with van der Waals surface area (Å²) in [5.41, 5.74) is 3.04. The van der Waals surface area contributed by atoms with Gasteiger partial charge in [-0.2, -0.15) is 0 Å². The molecule has 6 atom stereocenters. The number of hydrogen-bond acceptors (Lipinski definition) is 7. The largest absolute Gasteiger partial charge is 0.392 e. The molecular formula is C40H58N4O6. The normalized spacial score (nSPS) is 25.7. The van der Waals surface area contributed by atoms with Crippen LogP contribution in [-0.4, -0.2) is 64.5 Å². The van der Waals surface area contributed by atoms with Crippen LogP contribution in [0.3, 0.4) is 0 Å². The average molecular weight is 691 g/mol. The molecule has 1 aliphatic carbocycles. The average Bonchev–Trinajstić information content (AvgIpc) is 3.09. The zero-order valence-corrected chi connectivity index (χ0v) is 30.4. The van der Waals surface area contributed by atoms with Crippen molar-refractivity contribution >= 4 is 23.4 Å². The van der Waals surface area contributed by atoms with Gasteiger partial charge in [-0.1, -0.05) is 55.7 Å². The number of hydrogen-bond donors (Lipinski definition) is 4. The summed E-state index contributed by atoms with van der Waals surface area (Å²) in [6.45, 7) is 8.84. The molecular weight excluding hydrogens is 632 g/mol. The molecule has 2 aromatic rings. The summed E-state index contributed by atoms with van der Waals surface area (Å²) in [7, 11) is 0. The van der Waals surface area contributed by atoms with Crippen LogP contribution in [-0.2, 0) is 30.5 Å². The minimum absolute atomic E-state index is 0.0225. The Morgan fingerprint density at radius 3 is 2.44 bits per heavy atom. The zero-order chi connectivity index (χ0) is 35.7. The first-order valence-electron chi connectivity index (χ1n) is 18.7. The first kappa shape index (κ1) is 37.9. The van der Waals surface area contributed by atoms with Crippen molar-refractivity contribution in [3.63, 3.8) is 0 Å². The van der Waals surface area contributed by atoms with Crippen LogP contribution in [0.2, 0.25) is 0 Å². The lowest BCUT2D eigenvalue weighted by Crippen LogP contribution is -2.61. The molecule has 0 bridgehead atoms. The summed E-state index contributed by atoms with van der Waals surface area (Å²) in [5.74, 6) is 0.594. The topological polar surface area (TPSA) is 129 Å². The van der Waals surface area contributed by atoms with Crippen molar-refractivity contribution in [2.75, 3.05) is 18.4 Å². The van der Waals surface area contributed by atoms with Gasteiger partial charge in [-0.3, -0.25) is 19.3 Å². The number of unbranched alkanes of at least 4 members (excludes halogenated alkanes) is 2. The van der Waals surface area contributed by atoms with Crippen molar-refractivity contribution in [3.8, 4) is 0 Å². The highest BCUT2D eigenvalue weighted by molar-refractivity contribution is 5.90. The Kier molecular flexibility index (Phi) is 13.5. The van der Waals surface area contributed by atoms with Gasteiger partial charge >= 0.3 is 0 Å². The highest BCUT2D eigenvalue weighted by Crippen LogP contribution is 2.42. The van der Waals surface area contributed by atoms with Gasteiger partial charge in [-0.05, 0) is 88.5 Å². The number of aliphatic hydroxyl groups excluding tert-OH is 1. The fourth-order valence-corrected chi connectivity index (χ4v) is 7.83. The van der Waals surface area contributed by atoms with Crippen LogP contribution >= 0.6 is 0 Å². The maximum Gasteiger partial charge on any atom is 0.237 e. The van der Waals surface area contributed by atoms with Gasteiger partial charge in [0.25, 0.3) is 0 Å². The Morgan fingerprint density at radius 1 is 0.920 bits per heavy atom. The van der Waals surface area contributed by atoms with Gasteiger partial charge in [0.15, 0.2) is 6.29 Å². The summed E-state index contributed by atoms with van der Waals surface area (Å²) in [6, 6.07) is 15.7. The Hall–Kier alpha value is -3.31. The van der Waals surface area contributed by atoms with E-state index in [1.165, 1.54) is 26.2 Å². The molecule has 1 saturated carbocycles. The molecule has 50 heavy (non-hydrogen) atoms. The summed E-state index contributed by atoms with van der Waals surface area (Å²) in [6.07, 6.45) is 9.01. The second kappa shape index (κ2) is 17.8. The van der Waals surface area contributed by atoms with Gasteiger partial charge in [0.05, 0.1) is 24.9 Å². The monoisotopic (exact) mass is 690 g/mol. The third-order valence-electron chi connectivity index (χ3n) is 10.2. The van der Waals surface area contributed by atoms with Crippen molar-refractivity contribution in [3.05, 3.63) is 65.2 Å². The molecule has 0 radical (unpaired) electrons.